The molecule has 19 heavy (non-hydrogen) atoms. The summed E-state index contributed by atoms with van der Waals surface area (Å²) >= 11 is 0. The molecule has 0 aliphatic carbocycles. The number of benzene rings is 1. The minimum absolute atomic E-state index is 0.153. The van der Waals surface area contributed by atoms with E-state index in [1.807, 2.05) is 16.8 Å². The number of hydrogen-bond donors (Lipinski definition) is 0. The molecule has 1 unspecified atom stereocenters. The van der Waals surface area contributed by atoms with Gasteiger partial charge in [-0.05, 0) is 19.1 Å². The highest BCUT2D eigenvalue weighted by molar-refractivity contribution is 6.92. The van der Waals surface area contributed by atoms with Crippen LogP contribution in [0.5, 0.6) is 0 Å². The van der Waals surface area contributed by atoms with Gasteiger partial charge in [0.1, 0.15) is 26.5 Å². The average Bonchev–Trinajstić information content (AvgIpc) is 3.11. The Kier molecular flexibility index (Phi) is 3.22. The lowest BCUT2D eigenvalue weighted by atomic mass is 10.3. The SMILES string of the molecule is CC(n1cncn1)[Si]1(c2ccc(F)cc2)CCCC1. The maximum absolute atomic E-state index is 13.2. The molecule has 0 N–H and O–H groups in total. The Bertz CT molecular complexity index is 532. The predicted molar refractivity (Wildman–Crippen MR) is 75.4 cm³/mol. The van der Waals surface area contributed by atoms with Crippen LogP contribution in [-0.4, -0.2) is 22.8 Å². The third kappa shape index (κ3) is 2.12. The molecule has 1 aliphatic heterocycles. The summed E-state index contributed by atoms with van der Waals surface area (Å²) in [5, 5.41) is 5.67. The summed E-state index contributed by atoms with van der Waals surface area (Å²) in [7, 11) is -1.65. The van der Waals surface area contributed by atoms with Crippen LogP contribution in [0.1, 0.15) is 25.4 Å². The smallest absolute Gasteiger partial charge is 0.137 e. The Hall–Kier alpha value is -1.49. The zero-order valence-electron chi connectivity index (χ0n) is 11.1. The monoisotopic (exact) mass is 275 g/mol. The summed E-state index contributed by atoms with van der Waals surface area (Å²) in [4.78, 5) is 4.07. The van der Waals surface area contributed by atoms with Crippen molar-refractivity contribution in [1.29, 1.82) is 0 Å². The summed E-state index contributed by atoms with van der Waals surface area (Å²) in [6.45, 7) is 2.25. The predicted octanol–water partition coefficient (Wildman–Crippen LogP) is 2.67. The van der Waals surface area contributed by atoms with Crippen LogP contribution in [0.4, 0.5) is 4.39 Å². The Labute approximate surface area is 113 Å². The molecule has 0 amide bonds. The molecule has 1 atom stereocenters. The number of aromatic nitrogens is 3. The van der Waals surface area contributed by atoms with E-state index in [-0.39, 0.29) is 5.82 Å². The molecule has 2 heterocycles. The van der Waals surface area contributed by atoms with Crippen LogP contribution in [0.15, 0.2) is 36.9 Å². The van der Waals surface area contributed by atoms with Gasteiger partial charge in [0.2, 0.25) is 0 Å². The molecule has 5 heteroatoms. The summed E-state index contributed by atoms with van der Waals surface area (Å²) < 4.78 is 15.1. The van der Waals surface area contributed by atoms with Crippen molar-refractivity contribution in [3.05, 3.63) is 42.7 Å². The van der Waals surface area contributed by atoms with Crippen LogP contribution in [-0.2, 0) is 0 Å². The van der Waals surface area contributed by atoms with Gasteiger partial charge >= 0.3 is 0 Å². The van der Waals surface area contributed by atoms with Crippen LogP contribution in [0.25, 0.3) is 0 Å². The molecule has 0 bridgehead atoms. The van der Waals surface area contributed by atoms with Crippen LogP contribution in [0.3, 0.4) is 0 Å². The Morgan fingerprint density at radius 3 is 2.47 bits per heavy atom. The van der Waals surface area contributed by atoms with Crippen molar-refractivity contribution in [3.8, 4) is 0 Å². The number of halogens is 1. The van der Waals surface area contributed by atoms with Crippen LogP contribution < -0.4 is 5.19 Å². The first-order valence-corrected chi connectivity index (χ1v) is 9.32. The minimum atomic E-state index is -1.65. The van der Waals surface area contributed by atoms with Gasteiger partial charge in [0.05, 0.1) is 0 Å². The molecule has 0 radical (unpaired) electrons. The molecule has 100 valence electrons. The van der Waals surface area contributed by atoms with Crippen molar-refractivity contribution < 1.29 is 4.39 Å². The van der Waals surface area contributed by atoms with Crippen molar-refractivity contribution in [2.45, 2.75) is 37.5 Å². The molecule has 3 rings (SSSR count). The van der Waals surface area contributed by atoms with Gasteiger partial charge in [0.15, 0.2) is 0 Å². The molecule has 1 aromatic carbocycles. The van der Waals surface area contributed by atoms with Gasteiger partial charge in [-0.2, -0.15) is 5.10 Å². The Balaban J connectivity index is 2.01. The molecule has 1 saturated heterocycles. The second-order valence-corrected chi connectivity index (χ2v) is 10.1. The fourth-order valence-corrected chi connectivity index (χ4v) is 8.78. The zero-order valence-corrected chi connectivity index (χ0v) is 12.1. The number of nitrogens with zero attached hydrogens (tertiary/aromatic N) is 3. The Morgan fingerprint density at radius 1 is 1.21 bits per heavy atom. The van der Waals surface area contributed by atoms with Crippen LogP contribution in [0, 0.1) is 5.82 Å². The van der Waals surface area contributed by atoms with E-state index in [0.29, 0.717) is 5.67 Å². The lowest BCUT2D eigenvalue weighted by Gasteiger charge is -2.33. The second kappa shape index (κ2) is 4.88. The van der Waals surface area contributed by atoms with E-state index in [9.17, 15) is 4.39 Å². The quantitative estimate of drug-likeness (QED) is 0.806. The first kappa shape index (κ1) is 12.5. The molecule has 1 aliphatic rings. The Morgan fingerprint density at radius 2 is 1.89 bits per heavy atom. The van der Waals surface area contributed by atoms with Gasteiger partial charge in [-0.25, -0.2) is 9.37 Å². The molecule has 0 spiro atoms. The summed E-state index contributed by atoms with van der Waals surface area (Å²) in [6, 6.07) is 9.69. The molecular weight excluding hydrogens is 257 g/mol. The summed E-state index contributed by atoms with van der Waals surface area (Å²) in [5.74, 6) is -0.153. The highest BCUT2D eigenvalue weighted by atomic mass is 28.3. The minimum Gasteiger partial charge on any atom is -0.253 e. The molecular formula is C14H18FN3Si. The van der Waals surface area contributed by atoms with Crippen molar-refractivity contribution >= 4 is 13.3 Å². The second-order valence-electron chi connectivity index (χ2n) is 5.42. The first-order valence-electron chi connectivity index (χ1n) is 6.82. The van der Waals surface area contributed by atoms with E-state index < -0.39 is 8.07 Å². The third-order valence-electron chi connectivity index (χ3n) is 4.55. The standard InChI is InChI=1S/C14H18FN3Si/c1-12(18-11-16-10-17-18)19(8-2-3-9-19)14-6-4-13(15)5-7-14/h4-7,10-12H,2-3,8-9H2,1H3. The van der Waals surface area contributed by atoms with Crippen molar-refractivity contribution in [3.63, 3.8) is 0 Å². The van der Waals surface area contributed by atoms with Crippen molar-refractivity contribution in [2.24, 2.45) is 0 Å². The third-order valence-corrected chi connectivity index (χ3v) is 10.4. The van der Waals surface area contributed by atoms with Crippen molar-refractivity contribution in [2.75, 3.05) is 0 Å². The van der Waals surface area contributed by atoms with Gasteiger partial charge in [-0.15, -0.1) is 0 Å². The number of hydrogen-bond acceptors (Lipinski definition) is 2. The van der Waals surface area contributed by atoms with Gasteiger partial charge in [0, 0.05) is 5.67 Å². The largest absolute Gasteiger partial charge is 0.253 e. The van der Waals surface area contributed by atoms with Gasteiger partial charge in [-0.3, -0.25) is 4.68 Å². The van der Waals surface area contributed by atoms with Gasteiger partial charge < -0.3 is 0 Å². The lowest BCUT2D eigenvalue weighted by Crippen LogP contribution is -2.52. The van der Waals surface area contributed by atoms with Crippen LogP contribution in [0.2, 0.25) is 12.1 Å². The molecule has 3 nitrogen and oxygen atoms in total. The fourth-order valence-electron chi connectivity index (χ4n) is 3.41. The first-order chi connectivity index (χ1) is 9.22. The fraction of sp³-hybridized carbons (Fsp3) is 0.429. The lowest BCUT2D eigenvalue weighted by molar-refractivity contribution is 0.607. The van der Waals surface area contributed by atoms with E-state index in [2.05, 4.69) is 17.0 Å². The van der Waals surface area contributed by atoms with Gasteiger partial charge in [0.25, 0.3) is 0 Å². The van der Waals surface area contributed by atoms with E-state index in [1.54, 1.807) is 24.8 Å². The van der Waals surface area contributed by atoms with E-state index in [4.69, 9.17) is 0 Å². The average molecular weight is 275 g/mol. The maximum atomic E-state index is 13.2. The topological polar surface area (TPSA) is 30.7 Å². The molecule has 1 fully saturated rings. The summed E-state index contributed by atoms with van der Waals surface area (Å²) in [6.07, 6.45) is 5.96. The zero-order chi connectivity index (χ0) is 13.3. The van der Waals surface area contributed by atoms with Gasteiger partial charge in [-0.1, -0.05) is 42.2 Å². The van der Waals surface area contributed by atoms with Crippen molar-refractivity contribution in [1.82, 2.24) is 14.8 Å². The highest BCUT2D eigenvalue weighted by Crippen LogP contribution is 2.37. The van der Waals surface area contributed by atoms with E-state index in [0.717, 1.165) is 0 Å². The van der Waals surface area contributed by atoms with E-state index >= 15 is 0 Å². The normalized spacial score (nSPS) is 19.5. The van der Waals surface area contributed by atoms with E-state index in [1.165, 1.54) is 30.1 Å². The highest BCUT2D eigenvalue weighted by Gasteiger charge is 2.44. The summed E-state index contributed by atoms with van der Waals surface area (Å²) in [5.41, 5.74) is 0.378. The molecule has 1 aromatic heterocycles. The number of rotatable bonds is 3. The molecule has 0 saturated carbocycles. The van der Waals surface area contributed by atoms with Crippen LogP contribution >= 0.6 is 0 Å². The maximum Gasteiger partial charge on any atom is 0.137 e. The molecule has 2 aromatic rings.